The summed E-state index contributed by atoms with van der Waals surface area (Å²) in [5.41, 5.74) is 1.83. The maximum absolute atomic E-state index is 13.5. The summed E-state index contributed by atoms with van der Waals surface area (Å²) in [7, 11) is 0. The summed E-state index contributed by atoms with van der Waals surface area (Å²) in [6.07, 6.45) is -0.976. The van der Waals surface area contributed by atoms with Gasteiger partial charge in [0, 0.05) is 36.8 Å². The number of benzene rings is 1. The van der Waals surface area contributed by atoms with E-state index in [2.05, 4.69) is 10.2 Å². The fourth-order valence-electron chi connectivity index (χ4n) is 4.44. The van der Waals surface area contributed by atoms with Gasteiger partial charge in [-0.1, -0.05) is 0 Å². The van der Waals surface area contributed by atoms with Crippen LogP contribution in [0.5, 0.6) is 0 Å². The lowest BCUT2D eigenvalue weighted by Gasteiger charge is -2.23. The number of fused-ring (bicyclic) bond motifs is 1. The fraction of sp³-hybridized carbons (Fsp3) is 0.550. The van der Waals surface area contributed by atoms with Gasteiger partial charge >= 0.3 is 0 Å². The molecule has 1 N–H and O–H groups in total. The quantitative estimate of drug-likeness (QED) is 0.793. The predicted octanol–water partition coefficient (Wildman–Crippen LogP) is 1.38. The van der Waals surface area contributed by atoms with Crippen molar-refractivity contribution < 1.29 is 14.0 Å². The molecule has 0 aromatic heterocycles. The van der Waals surface area contributed by atoms with E-state index in [1.807, 2.05) is 30.3 Å². The molecule has 3 aliphatic rings. The summed E-state index contributed by atoms with van der Waals surface area (Å²) in [5, 5.41) is 12.4. The van der Waals surface area contributed by atoms with Crippen LogP contribution in [0.1, 0.15) is 23.7 Å². The summed E-state index contributed by atoms with van der Waals surface area (Å²) in [6.45, 7) is 3.60. The fourth-order valence-corrected chi connectivity index (χ4v) is 4.44. The smallest absolute Gasteiger partial charge is 0.237 e. The van der Waals surface area contributed by atoms with Crippen molar-refractivity contribution in [1.82, 2.24) is 10.2 Å². The van der Waals surface area contributed by atoms with Crippen LogP contribution in [0.3, 0.4) is 0 Å². The van der Waals surface area contributed by atoms with Crippen molar-refractivity contribution in [3.63, 3.8) is 0 Å². The molecule has 0 bridgehead atoms. The first-order valence-corrected chi connectivity index (χ1v) is 9.40. The van der Waals surface area contributed by atoms with Crippen molar-refractivity contribution in [2.24, 2.45) is 11.8 Å². The van der Waals surface area contributed by atoms with E-state index in [1.165, 1.54) is 4.90 Å². The number of hydrogen-bond acceptors (Lipinski definition) is 5. The minimum Gasteiger partial charge on any atom is -0.371 e. The molecule has 27 heavy (non-hydrogen) atoms. The van der Waals surface area contributed by atoms with Crippen molar-refractivity contribution in [2.45, 2.75) is 31.6 Å². The average molecular weight is 370 g/mol. The van der Waals surface area contributed by atoms with Crippen LogP contribution < -0.4 is 10.2 Å². The first-order chi connectivity index (χ1) is 13.0. The highest BCUT2D eigenvalue weighted by molar-refractivity contribution is 5.94. The lowest BCUT2D eigenvalue weighted by molar-refractivity contribution is -0.130. The minimum atomic E-state index is -1.10. The van der Waals surface area contributed by atoms with Gasteiger partial charge in [0.1, 0.15) is 12.2 Å². The van der Waals surface area contributed by atoms with E-state index >= 15 is 0 Å². The van der Waals surface area contributed by atoms with Crippen molar-refractivity contribution in [3.8, 4) is 6.07 Å². The molecule has 142 valence electrons. The first kappa shape index (κ1) is 17.9. The van der Waals surface area contributed by atoms with E-state index in [1.54, 1.807) is 6.92 Å². The molecule has 0 radical (unpaired) electrons. The molecule has 2 unspecified atom stereocenters. The topological polar surface area (TPSA) is 76.4 Å². The molecule has 1 aromatic carbocycles. The number of likely N-dealkylation sites (tertiary alicyclic amines) is 1. The number of anilines is 1. The first-order valence-electron chi connectivity index (χ1n) is 9.40. The number of carbonyl (C=O) groups is 2. The Hall–Kier alpha value is -2.46. The minimum absolute atomic E-state index is 0.0281. The second-order valence-corrected chi connectivity index (χ2v) is 7.77. The number of carbonyl (C=O) groups excluding carboxylic acids is 2. The Morgan fingerprint density at radius 1 is 1.22 bits per heavy atom. The second-order valence-electron chi connectivity index (χ2n) is 7.77. The number of ketones is 1. The number of hydrogen-bond donors (Lipinski definition) is 1. The Bertz CT molecular complexity index is 778. The number of halogens is 1. The molecular weight excluding hydrogens is 347 g/mol. The maximum atomic E-state index is 13.5. The van der Waals surface area contributed by atoms with Gasteiger partial charge in [0.25, 0.3) is 0 Å². The summed E-state index contributed by atoms with van der Waals surface area (Å²) in [5.74, 6) is 0.882. The third-order valence-corrected chi connectivity index (χ3v) is 6.04. The molecule has 4 rings (SSSR count). The predicted molar refractivity (Wildman–Crippen MR) is 98.1 cm³/mol. The highest BCUT2D eigenvalue weighted by Gasteiger charge is 2.55. The van der Waals surface area contributed by atoms with E-state index in [4.69, 9.17) is 5.26 Å². The zero-order chi connectivity index (χ0) is 19.1. The SMILES string of the molecule is CC(=O)c1ccc(N2CC3C(C2)C3NCC(=O)N2C[C@@H](F)C[C@H]2C#N)cc1. The van der Waals surface area contributed by atoms with E-state index in [-0.39, 0.29) is 31.2 Å². The van der Waals surface area contributed by atoms with Gasteiger partial charge in [-0.2, -0.15) is 5.26 Å². The molecular formula is C20H23FN4O2. The number of amides is 1. The van der Waals surface area contributed by atoms with Gasteiger partial charge in [-0.3, -0.25) is 9.59 Å². The number of nitriles is 1. The van der Waals surface area contributed by atoms with Crippen molar-refractivity contribution in [3.05, 3.63) is 29.8 Å². The van der Waals surface area contributed by atoms with E-state index in [0.29, 0.717) is 23.4 Å². The van der Waals surface area contributed by atoms with Gasteiger partial charge in [-0.25, -0.2) is 4.39 Å². The van der Waals surface area contributed by atoms with Crippen molar-refractivity contribution in [1.29, 1.82) is 5.26 Å². The van der Waals surface area contributed by atoms with Gasteiger partial charge in [-0.15, -0.1) is 0 Å². The van der Waals surface area contributed by atoms with Crippen LogP contribution in [0.4, 0.5) is 10.1 Å². The molecule has 4 atom stereocenters. The normalized spacial score (nSPS) is 31.5. The highest BCUT2D eigenvalue weighted by Crippen LogP contribution is 2.46. The molecule has 2 aliphatic heterocycles. The van der Waals surface area contributed by atoms with Crippen molar-refractivity contribution in [2.75, 3.05) is 31.1 Å². The van der Waals surface area contributed by atoms with E-state index in [0.717, 1.165) is 18.8 Å². The van der Waals surface area contributed by atoms with Gasteiger partial charge in [-0.05, 0) is 43.0 Å². The van der Waals surface area contributed by atoms with Crippen LogP contribution in [0.25, 0.3) is 0 Å². The number of Topliss-reactive ketones (excluding diaryl/α,β-unsaturated/α-hetero) is 1. The standard InChI is InChI=1S/C20H23FN4O2/c1-12(26)13-2-4-15(5-3-13)24-10-17-18(11-24)20(17)23-8-19(27)25-9-14(21)6-16(25)7-22/h2-5,14,16-18,20,23H,6,8-11H2,1H3/t14-,16-,17?,18?,20?/m0/s1. The lowest BCUT2D eigenvalue weighted by atomic mass is 10.1. The average Bonchev–Trinajstić information content (AvgIpc) is 3.00. The number of rotatable bonds is 5. The zero-order valence-electron chi connectivity index (χ0n) is 15.3. The Kier molecular flexibility index (Phi) is 4.60. The van der Waals surface area contributed by atoms with Crippen LogP contribution in [0, 0.1) is 23.2 Å². The summed E-state index contributed by atoms with van der Waals surface area (Å²) < 4.78 is 13.5. The highest BCUT2D eigenvalue weighted by atomic mass is 19.1. The van der Waals surface area contributed by atoms with Gasteiger partial charge < -0.3 is 15.1 Å². The molecule has 2 heterocycles. The number of nitrogens with one attached hydrogen (secondary N) is 1. The summed E-state index contributed by atoms with van der Waals surface area (Å²) >= 11 is 0. The molecule has 6 nitrogen and oxygen atoms in total. The molecule has 1 aromatic rings. The zero-order valence-corrected chi connectivity index (χ0v) is 15.3. The monoisotopic (exact) mass is 370 g/mol. The molecule has 1 aliphatic carbocycles. The molecule has 2 saturated heterocycles. The molecule has 7 heteroatoms. The molecule has 1 saturated carbocycles. The Morgan fingerprint density at radius 2 is 1.89 bits per heavy atom. The Labute approximate surface area is 157 Å². The molecule has 1 amide bonds. The van der Waals surface area contributed by atoms with Gasteiger partial charge in [0.2, 0.25) is 5.91 Å². The largest absolute Gasteiger partial charge is 0.371 e. The Balaban J connectivity index is 1.25. The summed E-state index contributed by atoms with van der Waals surface area (Å²) in [4.78, 5) is 27.3. The summed E-state index contributed by atoms with van der Waals surface area (Å²) in [6, 6.07) is 9.37. The lowest BCUT2D eigenvalue weighted by Crippen LogP contribution is -2.42. The third kappa shape index (κ3) is 3.42. The van der Waals surface area contributed by atoms with Crippen LogP contribution in [0.2, 0.25) is 0 Å². The maximum Gasteiger partial charge on any atom is 0.237 e. The van der Waals surface area contributed by atoms with Crippen LogP contribution in [0.15, 0.2) is 24.3 Å². The third-order valence-electron chi connectivity index (χ3n) is 6.04. The molecule has 3 fully saturated rings. The van der Waals surface area contributed by atoms with Crippen LogP contribution >= 0.6 is 0 Å². The second kappa shape index (κ2) is 6.93. The van der Waals surface area contributed by atoms with Crippen LogP contribution in [-0.4, -0.2) is 61.0 Å². The van der Waals surface area contributed by atoms with Gasteiger partial charge in [0.15, 0.2) is 5.78 Å². The molecule has 0 spiro atoms. The van der Waals surface area contributed by atoms with Crippen molar-refractivity contribution >= 4 is 17.4 Å². The number of alkyl halides is 1. The van der Waals surface area contributed by atoms with Gasteiger partial charge in [0.05, 0.1) is 19.2 Å². The Morgan fingerprint density at radius 3 is 2.48 bits per heavy atom. The van der Waals surface area contributed by atoms with E-state index in [9.17, 15) is 14.0 Å². The number of nitrogens with zero attached hydrogens (tertiary/aromatic N) is 3. The van der Waals surface area contributed by atoms with E-state index < -0.39 is 12.2 Å². The van der Waals surface area contributed by atoms with Crippen LogP contribution in [-0.2, 0) is 4.79 Å². The number of piperidine rings is 1.